The number of non-ortho nitro benzene ring substituents is 1. The maximum absolute atomic E-state index is 11.8. The summed E-state index contributed by atoms with van der Waals surface area (Å²) in [6.45, 7) is 1.91. The molecule has 21 heavy (non-hydrogen) atoms. The van der Waals surface area contributed by atoms with Gasteiger partial charge in [0, 0.05) is 18.7 Å². The minimum atomic E-state index is -0.674. The fourth-order valence-electron chi connectivity index (χ4n) is 2.19. The number of nitrogens with zero attached hydrogens (tertiary/aromatic N) is 1. The van der Waals surface area contributed by atoms with E-state index in [2.05, 4.69) is 5.32 Å². The Kier molecular flexibility index (Phi) is 4.52. The van der Waals surface area contributed by atoms with Crippen molar-refractivity contribution in [3.63, 3.8) is 0 Å². The maximum atomic E-state index is 11.8. The maximum Gasteiger partial charge on any atom is 0.270 e. The molecule has 1 aliphatic heterocycles. The van der Waals surface area contributed by atoms with Gasteiger partial charge in [0.1, 0.15) is 5.75 Å². The molecule has 0 aromatic heterocycles. The topological polar surface area (TPSA) is 98.5 Å². The van der Waals surface area contributed by atoms with E-state index >= 15 is 0 Å². The van der Waals surface area contributed by atoms with Crippen molar-refractivity contribution in [3.05, 3.63) is 33.9 Å². The second-order valence-corrected chi connectivity index (χ2v) is 4.89. The summed E-state index contributed by atoms with van der Waals surface area (Å²) in [6.07, 6.45) is 1.60. The predicted molar refractivity (Wildman–Crippen MR) is 74.4 cm³/mol. The first kappa shape index (κ1) is 15.0. The standard InChI is InChI=1S/C14H16N2O5/c1-9(17)11-8-10(16(19)20)5-6-12(11)21-13-4-2-3-7-15-14(13)18/h5-6,8,13H,2-4,7H2,1H3,(H,15,18). The van der Waals surface area contributed by atoms with E-state index in [0.29, 0.717) is 13.0 Å². The number of nitro benzene ring substituents is 1. The van der Waals surface area contributed by atoms with Gasteiger partial charge >= 0.3 is 0 Å². The van der Waals surface area contributed by atoms with Crippen molar-refractivity contribution in [1.82, 2.24) is 5.32 Å². The molecule has 1 amide bonds. The molecule has 1 fully saturated rings. The highest BCUT2D eigenvalue weighted by Crippen LogP contribution is 2.26. The summed E-state index contributed by atoms with van der Waals surface area (Å²) in [5.41, 5.74) is -0.0703. The molecule has 7 heteroatoms. The quantitative estimate of drug-likeness (QED) is 0.518. The Labute approximate surface area is 121 Å². The number of benzene rings is 1. The first-order valence-corrected chi connectivity index (χ1v) is 6.73. The van der Waals surface area contributed by atoms with Crippen molar-refractivity contribution in [2.24, 2.45) is 0 Å². The summed E-state index contributed by atoms with van der Waals surface area (Å²) in [4.78, 5) is 33.7. The third-order valence-corrected chi connectivity index (χ3v) is 3.31. The van der Waals surface area contributed by atoms with Crippen molar-refractivity contribution in [3.8, 4) is 5.75 Å². The van der Waals surface area contributed by atoms with Crippen LogP contribution in [0.2, 0.25) is 0 Å². The van der Waals surface area contributed by atoms with Crippen LogP contribution in [-0.2, 0) is 4.79 Å². The van der Waals surface area contributed by atoms with Crippen LogP contribution in [0, 0.1) is 10.1 Å². The minimum Gasteiger partial charge on any atom is -0.480 e. The predicted octanol–water partition coefficient (Wildman–Crippen LogP) is 1.84. The molecule has 1 unspecified atom stereocenters. The van der Waals surface area contributed by atoms with Gasteiger partial charge in [-0.05, 0) is 32.3 Å². The van der Waals surface area contributed by atoms with E-state index in [1.54, 1.807) is 0 Å². The van der Waals surface area contributed by atoms with Gasteiger partial charge in [0.25, 0.3) is 11.6 Å². The second kappa shape index (κ2) is 6.34. The molecule has 7 nitrogen and oxygen atoms in total. The van der Waals surface area contributed by atoms with E-state index < -0.39 is 11.0 Å². The van der Waals surface area contributed by atoms with Crippen LogP contribution in [0.1, 0.15) is 36.5 Å². The van der Waals surface area contributed by atoms with Crippen LogP contribution in [0.15, 0.2) is 18.2 Å². The number of carbonyl (C=O) groups is 2. The summed E-state index contributed by atoms with van der Waals surface area (Å²) >= 11 is 0. The van der Waals surface area contributed by atoms with Gasteiger partial charge in [-0.1, -0.05) is 0 Å². The average molecular weight is 292 g/mol. The third-order valence-electron chi connectivity index (χ3n) is 3.31. The Morgan fingerprint density at radius 3 is 2.86 bits per heavy atom. The van der Waals surface area contributed by atoms with E-state index in [1.165, 1.54) is 25.1 Å². The van der Waals surface area contributed by atoms with Gasteiger partial charge < -0.3 is 10.1 Å². The van der Waals surface area contributed by atoms with Gasteiger partial charge in [-0.25, -0.2) is 0 Å². The van der Waals surface area contributed by atoms with Crippen molar-refractivity contribution in [2.75, 3.05) is 6.54 Å². The van der Waals surface area contributed by atoms with Crippen molar-refractivity contribution in [2.45, 2.75) is 32.3 Å². The Morgan fingerprint density at radius 1 is 1.43 bits per heavy atom. The van der Waals surface area contributed by atoms with Gasteiger partial charge in [-0.2, -0.15) is 0 Å². The molecule has 0 spiro atoms. The van der Waals surface area contributed by atoms with Crippen LogP contribution in [0.4, 0.5) is 5.69 Å². The highest BCUT2D eigenvalue weighted by atomic mass is 16.6. The molecule has 2 rings (SSSR count). The number of ketones is 1. The summed E-state index contributed by atoms with van der Waals surface area (Å²) in [5, 5.41) is 13.5. The van der Waals surface area contributed by atoms with Gasteiger partial charge in [0.2, 0.25) is 0 Å². The molecule has 0 radical (unpaired) electrons. The number of rotatable bonds is 4. The van der Waals surface area contributed by atoms with E-state index in [-0.39, 0.29) is 28.7 Å². The first-order chi connectivity index (χ1) is 9.99. The molecule has 0 aliphatic carbocycles. The molecule has 1 N–H and O–H groups in total. The zero-order valence-electron chi connectivity index (χ0n) is 11.6. The van der Waals surface area contributed by atoms with Crippen molar-refractivity contribution >= 4 is 17.4 Å². The van der Waals surface area contributed by atoms with Crippen LogP contribution in [0.25, 0.3) is 0 Å². The minimum absolute atomic E-state index is 0.112. The number of ether oxygens (including phenoxy) is 1. The lowest BCUT2D eigenvalue weighted by atomic mass is 10.1. The fourth-order valence-corrected chi connectivity index (χ4v) is 2.19. The van der Waals surface area contributed by atoms with Crippen LogP contribution < -0.4 is 10.1 Å². The molecule has 112 valence electrons. The van der Waals surface area contributed by atoms with E-state index in [0.717, 1.165) is 12.8 Å². The van der Waals surface area contributed by atoms with Crippen LogP contribution >= 0.6 is 0 Å². The Hall–Kier alpha value is -2.44. The molecular formula is C14H16N2O5. The van der Waals surface area contributed by atoms with Crippen molar-refractivity contribution in [1.29, 1.82) is 0 Å². The molecular weight excluding hydrogens is 276 g/mol. The Bertz CT molecular complexity index is 585. The lowest BCUT2D eigenvalue weighted by molar-refractivity contribution is -0.384. The summed E-state index contributed by atoms with van der Waals surface area (Å²) < 4.78 is 5.62. The number of nitro groups is 1. The van der Waals surface area contributed by atoms with Gasteiger partial charge in [0.15, 0.2) is 11.9 Å². The normalized spacial score (nSPS) is 18.5. The number of carbonyl (C=O) groups excluding carboxylic acids is 2. The Morgan fingerprint density at radius 2 is 2.19 bits per heavy atom. The smallest absolute Gasteiger partial charge is 0.270 e. The lowest BCUT2D eigenvalue weighted by Crippen LogP contribution is -2.36. The molecule has 0 saturated carbocycles. The molecule has 1 aliphatic rings. The molecule has 1 atom stereocenters. The number of Topliss-reactive ketones (excluding diaryl/α,β-unsaturated/α-hetero) is 1. The Balaban J connectivity index is 2.28. The van der Waals surface area contributed by atoms with Crippen LogP contribution in [0.3, 0.4) is 0 Å². The van der Waals surface area contributed by atoms with E-state index in [9.17, 15) is 19.7 Å². The van der Waals surface area contributed by atoms with Crippen LogP contribution in [-0.4, -0.2) is 29.3 Å². The lowest BCUT2D eigenvalue weighted by Gasteiger charge is -2.17. The molecule has 1 saturated heterocycles. The highest BCUT2D eigenvalue weighted by molar-refractivity contribution is 5.97. The zero-order chi connectivity index (χ0) is 15.4. The fraction of sp³-hybridized carbons (Fsp3) is 0.429. The van der Waals surface area contributed by atoms with Crippen LogP contribution in [0.5, 0.6) is 5.75 Å². The SMILES string of the molecule is CC(=O)c1cc([N+](=O)[O-])ccc1OC1CCCCNC1=O. The van der Waals surface area contributed by atoms with Gasteiger partial charge in [0.05, 0.1) is 10.5 Å². The third kappa shape index (κ3) is 3.56. The van der Waals surface area contributed by atoms with E-state index in [1.807, 2.05) is 0 Å². The largest absolute Gasteiger partial charge is 0.480 e. The number of nitrogens with one attached hydrogen (secondary N) is 1. The summed E-state index contributed by atoms with van der Waals surface area (Å²) in [7, 11) is 0. The van der Waals surface area contributed by atoms with Gasteiger partial charge in [-0.3, -0.25) is 19.7 Å². The number of hydrogen-bond acceptors (Lipinski definition) is 5. The summed E-state index contributed by atoms with van der Waals surface area (Å²) in [5.74, 6) is -0.363. The molecule has 1 aromatic rings. The van der Waals surface area contributed by atoms with E-state index in [4.69, 9.17) is 4.74 Å². The molecule has 0 bridgehead atoms. The first-order valence-electron chi connectivity index (χ1n) is 6.73. The highest BCUT2D eigenvalue weighted by Gasteiger charge is 2.24. The van der Waals surface area contributed by atoms with Crippen molar-refractivity contribution < 1.29 is 19.2 Å². The zero-order valence-corrected chi connectivity index (χ0v) is 11.6. The second-order valence-electron chi connectivity index (χ2n) is 4.89. The molecule has 1 aromatic carbocycles. The molecule has 1 heterocycles. The number of hydrogen-bond donors (Lipinski definition) is 1. The monoisotopic (exact) mass is 292 g/mol. The average Bonchev–Trinajstić information content (AvgIpc) is 2.64. The number of amides is 1. The van der Waals surface area contributed by atoms with Gasteiger partial charge in [-0.15, -0.1) is 0 Å². The summed E-state index contributed by atoms with van der Waals surface area (Å²) in [6, 6.07) is 3.80.